The lowest BCUT2D eigenvalue weighted by molar-refractivity contribution is 0.265. The van der Waals surface area contributed by atoms with E-state index >= 15 is 0 Å². The van der Waals surface area contributed by atoms with Gasteiger partial charge in [-0.25, -0.2) is 4.39 Å². The summed E-state index contributed by atoms with van der Waals surface area (Å²) in [4.78, 5) is 0. The largest absolute Gasteiger partial charge is 0.492 e. The van der Waals surface area contributed by atoms with Crippen LogP contribution in [0, 0.1) is 5.82 Å². The summed E-state index contributed by atoms with van der Waals surface area (Å²) in [5.41, 5.74) is 0. The van der Waals surface area contributed by atoms with Crippen molar-refractivity contribution in [3.8, 4) is 5.75 Å². The van der Waals surface area contributed by atoms with Gasteiger partial charge < -0.3 is 10.1 Å². The van der Waals surface area contributed by atoms with E-state index in [1.807, 2.05) is 6.92 Å². The Morgan fingerprint density at radius 1 is 1.33 bits per heavy atom. The zero-order valence-electron chi connectivity index (χ0n) is 9.46. The van der Waals surface area contributed by atoms with Crippen molar-refractivity contribution < 1.29 is 9.13 Å². The molecule has 0 aromatic heterocycles. The lowest BCUT2D eigenvalue weighted by Crippen LogP contribution is -2.36. The first-order valence-electron chi connectivity index (χ1n) is 5.22. The fraction of sp³-hybridized carbons (Fsp3) is 0.500. The Bertz CT molecular complexity index is 301. The number of benzene rings is 1. The maximum atomic E-state index is 12.8. The summed E-state index contributed by atoms with van der Waals surface area (Å²) in [6, 6.07) is 6.88. The molecule has 0 fully saturated rings. The Morgan fingerprint density at radius 3 is 2.67 bits per heavy atom. The van der Waals surface area contributed by atoms with Gasteiger partial charge in [0.2, 0.25) is 0 Å². The lowest BCUT2D eigenvalue weighted by Gasteiger charge is -2.17. The molecule has 0 saturated heterocycles. The highest BCUT2D eigenvalue weighted by Crippen LogP contribution is 2.11. The minimum absolute atomic E-state index is 0.258. The average molecular weight is 211 g/mol. The first-order chi connectivity index (χ1) is 7.08. The molecule has 0 heterocycles. The molecule has 2 nitrogen and oxygen atoms in total. The van der Waals surface area contributed by atoms with Gasteiger partial charge in [-0.05, 0) is 19.1 Å². The van der Waals surface area contributed by atoms with Crippen molar-refractivity contribution in [3.05, 3.63) is 30.1 Å². The summed E-state index contributed by atoms with van der Waals surface area (Å²) in [6.07, 6.45) is 0. The van der Waals surface area contributed by atoms with Gasteiger partial charge in [0.05, 0.1) is 0 Å². The second kappa shape index (κ2) is 5.71. The van der Waals surface area contributed by atoms with Crippen molar-refractivity contribution in [2.75, 3.05) is 6.61 Å². The molecular weight excluding hydrogens is 193 g/mol. The predicted octanol–water partition coefficient (Wildman–Crippen LogP) is 2.59. The lowest BCUT2D eigenvalue weighted by atomic mass is 10.3. The first-order valence-corrected chi connectivity index (χ1v) is 5.22. The van der Waals surface area contributed by atoms with Gasteiger partial charge >= 0.3 is 0 Å². The number of ether oxygens (including phenoxy) is 1. The van der Waals surface area contributed by atoms with Crippen LogP contribution < -0.4 is 10.1 Å². The highest BCUT2D eigenvalue weighted by molar-refractivity contribution is 5.22. The van der Waals surface area contributed by atoms with Gasteiger partial charge in [-0.2, -0.15) is 0 Å². The van der Waals surface area contributed by atoms with Gasteiger partial charge in [0, 0.05) is 18.2 Å². The summed E-state index contributed by atoms with van der Waals surface area (Å²) in [6.45, 7) is 6.75. The Balaban J connectivity index is 2.36. The van der Waals surface area contributed by atoms with Gasteiger partial charge in [-0.1, -0.05) is 19.9 Å². The molecule has 0 spiro atoms. The molecule has 1 aromatic rings. The van der Waals surface area contributed by atoms with E-state index in [9.17, 15) is 4.39 Å². The van der Waals surface area contributed by atoms with Crippen LogP contribution in [0.4, 0.5) is 4.39 Å². The molecule has 1 atom stereocenters. The predicted molar refractivity (Wildman–Crippen MR) is 59.6 cm³/mol. The third kappa shape index (κ3) is 4.79. The van der Waals surface area contributed by atoms with E-state index in [0.717, 1.165) is 0 Å². The standard InChI is InChI=1S/C12H18FNO/c1-9(2)14-10(3)8-15-12-6-4-5-11(13)7-12/h4-7,9-10,14H,8H2,1-3H3. The van der Waals surface area contributed by atoms with E-state index in [1.165, 1.54) is 12.1 Å². The van der Waals surface area contributed by atoms with Crippen LogP contribution in [0.15, 0.2) is 24.3 Å². The number of halogens is 1. The summed E-state index contributed by atoms with van der Waals surface area (Å²) < 4.78 is 18.3. The van der Waals surface area contributed by atoms with E-state index in [1.54, 1.807) is 12.1 Å². The Kier molecular flexibility index (Phi) is 4.56. The van der Waals surface area contributed by atoms with Crippen LogP contribution >= 0.6 is 0 Å². The summed E-state index contributed by atoms with van der Waals surface area (Å²) in [5.74, 6) is 0.310. The van der Waals surface area contributed by atoms with Crippen LogP contribution in [0.2, 0.25) is 0 Å². The second-order valence-corrected chi connectivity index (χ2v) is 3.99. The average Bonchev–Trinajstić information content (AvgIpc) is 2.14. The molecule has 1 unspecified atom stereocenters. The van der Waals surface area contributed by atoms with Crippen molar-refractivity contribution in [2.24, 2.45) is 0 Å². The summed E-state index contributed by atoms with van der Waals surface area (Å²) >= 11 is 0. The SMILES string of the molecule is CC(C)NC(C)COc1cccc(F)c1. The topological polar surface area (TPSA) is 21.3 Å². The Hall–Kier alpha value is -1.09. The molecule has 1 rings (SSSR count). The second-order valence-electron chi connectivity index (χ2n) is 3.99. The summed E-state index contributed by atoms with van der Waals surface area (Å²) in [5, 5.41) is 3.31. The first kappa shape index (κ1) is 12.0. The molecule has 0 aliphatic heterocycles. The maximum absolute atomic E-state index is 12.8. The fourth-order valence-electron chi connectivity index (χ4n) is 1.40. The molecule has 15 heavy (non-hydrogen) atoms. The molecule has 0 radical (unpaired) electrons. The van der Waals surface area contributed by atoms with E-state index in [0.29, 0.717) is 18.4 Å². The van der Waals surface area contributed by atoms with Crippen molar-refractivity contribution in [3.63, 3.8) is 0 Å². The molecule has 0 bridgehead atoms. The van der Waals surface area contributed by atoms with Gasteiger partial charge in [0.15, 0.2) is 0 Å². The van der Waals surface area contributed by atoms with Crippen molar-refractivity contribution >= 4 is 0 Å². The normalized spacial score (nSPS) is 12.9. The maximum Gasteiger partial charge on any atom is 0.126 e. The van der Waals surface area contributed by atoms with E-state index in [4.69, 9.17) is 4.74 Å². The van der Waals surface area contributed by atoms with Crippen LogP contribution in [0.25, 0.3) is 0 Å². The highest BCUT2D eigenvalue weighted by atomic mass is 19.1. The number of hydrogen-bond donors (Lipinski definition) is 1. The van der Waals surface area contributed by atoms with Crippen molar-refractivity contribution in [1.29, 1.82) is 0 Å². The third-order valence-electron chi connectivity index (χ3n) is 1.91. The Morgan fingerprint density at radius 2 is 2.07 bits per heavy atom. The molecule has 0 saturated carbocycles. The molecule has 1 N–H and O–H groups in total. The van der Waals surface area contributed by atoms with Crippen LogP contribution in [0.5, 0.6) is 5.75 Å². The van der Waals surface area contributed by atoms with E-state index in [2.05, 4.69) is 19.2 Å². The van der Waals surface area contributed by atoms with Crippen LogP contribution in [0.1, 0.15) is 20.8 Å². The zero-order valence-corrected chi connectivity index (χ0v) is 9.46. The molecule has 0 aliphatic carbocycles. The molecule has 0 aliphatic rings. The minimum atomic E-state index is -0.267. The number of nitrogens with one attached hydrogen (secondary N) is 1. The molecule has 3 heteroatoms. The Labute approximate surface area is 90.4 Å². The number of hydrogen-bond acceptors (Lipinski definition) is 2. The smallest absolute Gasteiger partial charge is 0.126 e. The number of rotatable bonds is 5. The van der Waals surface area contributed by atoms with Gasteiger partial charge in [-0.3, -0.25) is 0 Å². The highest BCUT2D eigenvalue weighted by Gasteiger charge is 2.04. The quantitative estimate of drug-likeness (QED) is 0.808. The molecule has 1 aromatic carbocycles. The van der Waals surface area contributed by atoms with Crippen LogP contribution in [0.3, 0.4) is 0 Å². The molecule has 0 amide bonds. The van der Waals surface area contributed by atoms with Crippen molar-refractivity contribution in [2.45, 2.75) is 32.9 Å². The monoisotopic (exact) mass is 211 g/mol. The fourth-order valence-corrected chi connectivity index (χ4v) is 1.40. The third-order valence-corrected chi connectivity index (χ3v) is 1.91. The molecular formula is C12H18FNO. The van der Waals surface area contributed by atoms with E-state index in [-0.39, 0.29) is 11.9 Å². The van der Waals surface area contributed by atoms with E-state index < -0.39 is 0 Å². The van der Waals surface area contributed by atoms with Crippen LogP contribution in [-0.2, 0) is 0 Å². The van der Waals surface area contributed by atoms with Crippen molar-refractivity contribution in [1.82, 2.24) is 5.32 Å². The molecule has 84 valence electrons. The van der Waals surface area contributed by atoms with Gasteiger partial charge in [0.25, 0.3) is 0 Å². The minimum Gasteiger partial charge on any atom is -0.492 e. The van der Waals surface area contributed by atoms with Crippen LogP contribution in [-0.4, -0.2) is 18.7 Å². The van der Waals surface area contributed by atoms with Gasteiger partial charge in [-0.15, -0.1) is 0 Å². The van der Waals surface area contributed by atoms with Gasteiger partial charge in [0.1, 0.15) is 18.2 Å². The zero-order chi connectivity index (χ0) is 11.3. The summed E-state index contributed by atoms with van der Waals surface area (Å²) in [7, 11) is 0.